The van der Waals surface area contributed by atoms with Gasteiger partial charge in [0.25, 0.3) is 0 Å². The van der Waals surface area contributed by atoms with E-state index in [0.29, 0.717) is 12.0 Å². The van der Waals surface area contributed by atoms with Gasteiger partial charge >= 0.3 is 0 Å². The average molecular weight is 262 g/mol. The fourth-order valence-corrected chi connectivity index (χ4v) is 2.95. The minimum atomic E-state index is -0.217. The Labute approximate surface area is 116 Å². The Morgan fingerprint density at radius 1 is 1.37 bits per heavy atom. The number of likely N-dealkylation sites (tertiary alicyclic amines) is 1. The summed E-state index contributed by atoms with van der Waals surface area (Å²) in [5, 5.41) is 9.31. The molecule has 1 heterocycles. The summed E-state index contributed by atoms with van der Waals surface area (Å²) in [4.78, 5) is 2.41. The van der Waals surface area contributed by atoms with E-state index in [1.807, 2.05) is 6.92 Å². The first kappa shape index (κ1) is 14.5. The van der Waals surface area contributed by atoms with Gasteiger partial charge in [0.15, 0.2) is 0 Å². The van der Waals surface area contributed by atoms with Gasteiger partial charge in [-0.2, -0.15) is 0 Å². The molecule has 2 rings (SSSR count). The lowest BCUT2D eigenvalue weighted by Crippen LogP contribution is -2.20. The Bertz CT molecular complexity index is 388. The largest absolute Gasteiger partial charge is 0.393 e. The molecule has 19 heavy (non-hydrogen) atoms. The maximum absolute atomic E-state index is 9.31. The molecule has 106 valence electrons. The molecule has 1 fully saturated rings. The first-order valence-electron chi connectivity index (χ1n) is 7.27. The van der Waals surface area contributed by atoms with Crippen LogP contribution < -0.4 is 5.73 Å². The lowest BCUT2D eigenvalue weighted by molar-refractivity contribution is 0.185. The summed E-state index contributed by atoms with van der Waals surface area (Å²) in [7, 11) is 2.18. The zero-order valence-corrected chi connectivity index (χ0v) is 12.0. The molecule has 0 aliphatic carbocycles. The Kier molecular flexibility index (Phi) is 4.97. The van der Waals surface area contributed by atoms with Crippen LogP contribution in [0, 0.1) is 5.92 Å². The molecule has 1 aromatic carbocycles. The Hall–Kier alpha value is -0.900. The molecule has 0 aromatic heterocycles. The lowest BCUT2D eigenvalue weighted by Gasteiger charge is -2.19. The molecule has 0 spiro atoms. The summed E-state index contributed by atoms with van der Waals surface area (Å²) < 4.78 is 0. The second-order valence-electron chi connectivity index (χ2n) is 5.92. The van der Waals surface area contributed by atoms with Gasteiger partial charge < -0.3 is 10.8 Å². The summed E-state index contributed by atoms with van der Waals surface area (Å²) in [5.41, 5.74) is 8.47. The van der Waals surface area contributed by atoms with E-state index in [-0.39, 0.29) is 6.10 Å². The first-order chi connectivity index (χ1) is 9.10. The molecule has 0 amide bonds. The van der Waals surface area contributed by atoms with E-state index in [1.165, 1.54) is 17.5 Å². The van der Waals surface area contributed by atoms with Gasteiger partial charge in [0.1, 0.15) is 0 Å². The van der Waals surface area contributed by atoms with E-state index in [1.54, 1.807) is 0 Å². The molecule has 3 N–H and O–H groups in total. The fraction of sp³-hybridized carbons (Fsp3) is 0.625. The van der Waals surface area contributed by atoms with Crippen molar-refractivity contribution in [2.24, 2.45) is 11.7 Å². The van der Waals surface area contributed by atoms with Gasteiger partial charge in [-0.05, 0) is 56.8 Å². The fourth-order valence-electron chi connectivity index (χ4n) is 2.95. The van der Waals surface area contributed by atoms with Crippen LogP contribution in [-0.4, -0.2) is 36.2 Å². The zero-order valence-electron chi connectivity index (χ0n) is 12.0. The van der Waals surface area contributed by atoms with Gasteiger partial charge in [-0.15, -0.1) is 0 Å². The number of aliphatic hydroxyl groups excluding tert-OH is 1. The van der Waals surface area contributed by atoms with E-state index < -0.39 is 0 Å². The molecule has 1 aliphatic rings. The van der Waals surface area contributed by atoms with Crippen LogP contribution in [0.5, 0.6) is 0 Å². The van der Waals surface area contributed by atoms with Crippen LogP contribution in [0.2, 0.25) is 0 Å². The molecule has 3 atom stereocenters. The van der Waals surface area contributed by atoms with Gasteiger partial charge in [-0.1, -0.05) is 24.3 Å². The van der Waals surface area contributed by atoms with Crippen LogP contribution in [0.15, 0.2) is 24.3 Å². The number of hydrogen-bond acceptors (Lipinski definition) is 3. The molecule has 1 saturated heterocycles. The third-order valence-electron chi connectivity index (χ3n) is 4.18. The SMILES string of the molecule is CC(O)CCc1ccc(C2CC(CN)CN2C)cc1. The maximum Gasteiger partial charge on any atom is 0.0515 e. The van der Waals surface area contributed by atoms with E-state index in [2.05, 4.69) is 36.2 Å². The monoisotopic (exact) mass is 262 g/mol. The Morgan fingerprint density at radius 2 is 2.05 bits per heavy atom. The molecule has 0 radical (unpaired) electrons. The molecule has 1 aromatic rings. The van der Waals surface area contributed by atoms with Crippen molar-refractivity contribution < 1.29 is 5.11 Å². The third kappa shape index (κ3) is 3.78. The molecule has 1 aliphatic heterocycles. The van der Waals surface area contributed by atoms with Gasteiger partial charge in [-0.25, -0.2) is 0 Å². The number of benzene rings is 1. The van der Waals surface area contributed by atoms with Crippen molar-refractivity contribution in [1.29, 1.82) is 0 Å². The molecule has 3 unspecified atom stereocenters. The minimum Gasteiger partial charge on any atom is -0.393 e. The smallest absolute Gasteiger partial charge is 0.0515 e. The topological polar surface area (TPSA) is 49.5 Å². The number of hydrogen-bond donors (Lipinski definition) is 2. The van der Waals surface area contributed by atoms with E-state index in [0.717, 1.165) is 25.9 Å². The summed E-state index contributed by atoms with van der Waals surface area (Å²) in [6, 6.07) is 9.37. The van der Waals surface area contributed by atoms with Gasteiger partial charge in [0.2, 0.25) is 0 Å². The zero-order chi connectivity index (χ0) is 13.8. The standard InChI is InChI=1S/C16H26N2O/c1-12(19)3-4-13-5-7-15(8-6-13)16-9-14(10-17)11-18(16)2/h5-8,12,14,16,19H,3-4,9-11,17H2,1-2H3. The summed E-state index contributed by atoms with van der Waals surface area (Å²) in [6.45, 7) is 3.73. The predicted octanol–water partition coefficient (Wildman–Crippen LogP) is 1.95. The van der Waals surface area contributed by atoms with Crippen molar-refractivity contribution in [3.63, 3.8) is 0 Å². The summed E-state index contributed by atoms with van der Waals surface area (Å²) >= 11 is 0. The number of rotatable bonds is 5. The third-order valence-corrected chi connectivity index (χ3v) is 4.18. The number of nitrogens with zero attached hydrogens (tertiary/aromatic N) is 1. The highest BCUT2D eigenvalue weighted by Gasteiger charge is 2.29. The normalized spacial score (nSPS) is 25.7. The van der Waals surface area contributed by atoms with E-state index in [4.69, 9.17) is 5.73 Å². The van der Waals surface area contributed by atoms with Gasteiger partial charge in [-0.3, -0.25) is 4.90 Å². The maximum atomic E-state index is 9.31. The van der Waals surface area contributed by atoms with Crippen molar-refractivity contribution in [3.8, 4) is 0 Å². The van der Waals surface area contributed by atoms with Crippen LogP contribution in [-0.2, 0) is 6.42 Å². The minimum absolute atomic E-state index is 0.217. The molecular formula is C16H26N2O. The first-order valence-corrected chi connectivity index (χ1v) is 7.27. The van der Waals surface area contributed by atoms with Crippen LogP contribution >= 0.6 is 0 Å². The van der Waals surface area contributed by atoms with Crippen LogP contribution in [0.3, 0.4) is 0 Å². The number of nitrogens with two attached hydrogens (primary N) is 1. The number of aliphatic hydroxyl groups is 1. The quantitative estimate of drug-likeness (QED) is 0.853. The number of aryl methyl sites for hydroxylation is 1. The van der Waals surface area contributed by atoms with Crippen LogP contribution in [0.4, 0.5) is 0 Å². The Morgan fingerprint density at radius 3 is 2.58 bits per heavy atom. The lowest BCUT2D eigenvalue weighted by atomic mass is 9.98. The van der Waals surface area contributed by atoms with E-state index in [9.17, 15) is 5.11 Å². The molecule has 3 heteroatoms. The molecule has 0 saturated carbocycles. The summed E-state index contributed by atoms with van der Waals surface area (Å²) in [6.07, 6.45) is 2.73. The highest BCUT2D eigenvalue weighted by Crippen LogP contribution is 2.33. The molecule has 0 bridgehead atoms. The van der Waals surface area contributed by atoms with Crippen molar-refractivity contribution in [2.75, 3.05) is 20.1 Å². The van der Waals surface area contributed by atoms with Crippen LogP contribution in [0.25, 0.3) is 0 Å². The molecular weight excluding hydrogens is 236 g/mol. The van der Waals surface area contributed by atoms with Crippen molar-refractivity contribution in [2.45, 2.75) is 38.3 Å². The average Bonchev–Trinajstić information content (AvgIpc) is 2.78. The van der Waals surface area contributed by atoms with Crippen molar-refractivity contribution in [3.05, 3.63) is 35.4 Å². The van der Waals surface area contributed by atoms with Gasteiger partial charge in [0, 0.05) is 12.6 Å². The molecule has 3 nitrogen and oxygen atoms in total. The second kappa shape index (κ2) is 6.51. The predicted molar refractivity (Wildman–Crippen MR) is 79.0 cm³/mol. The van der Waals surface area contributed by atoms with Crippen LogP contribution in [0.1, 0.15) is 36.9 Å². The Balaban J connectivity index is 1.98. The van der Waals surface area contributed by atoms with E-state index >= 15 is 0 Å². The second-order valence-corrected chi connectivity index (χ2v) is 5.92. The summed E-state index contributed by atoms with van der Waals surface area (Å²) in [5.74, 6) is 0.630. The van der Waals surface area contributed by atoms with Crippen molar-refractivity contribution in [1.82, 2.24) is 4.90 Å². The highest BCUT2D eigenvalue weighted by molar-refractivity contribution is 5.26. The van der Waals surface area contributed by atoms with Crippen molar-refractivity contribution >= 4 is 0 Å². The van der Waals surface area contributed by atoms with Gasteiger partial charge in [0.05, 0.1) is 6.10 Å². The highest BCUT2D eigenvalue weighted by atomic mass is 16.3.